The van der Waals surface area contributed by atoms with Gasteiger partial charge in [0.2, 0.25) is 5.91 Å². The first-order valence-electron chi connectivity index (χ1n) is 7.60. The molecule has 4 rings (SSSR count). The van der Waals surface area contributed by atoms with Crippen LogP contribution in [-0.4, -0.2) is 69.8 Å². The van der Waals surface area contributed by atoms with E-state index in [1.165, 1.54) is 0 Å². The molecule has 23 heavy (non-hydrogen) atoms. The summed E-state index contributed by atoms with van der Waals surface area (Å²) in [7, 11) is 0. The van der Waals surface area contributed by atoms with Crippen molar-refractivity contribution in [1.29, 1.82) is 0 Å². The van der Waals surface area contributed by atoms with Gasteiger partial charge in [0.15, 0.2) is 0 Å². The molecule has 0 unspecified atom stereocenters. The van der Waals surface area contributed by atoms with E-state index in [1.54, 1.807) is 17.0 Å². The van der Waals surface area contributed by atoms with Crippen molar-refractivity contribution in [2.45, 2.75) is 0 Å². The van der Waals surface area contributed by atoms with Crippen LogP contribution in [0.4, 0.5) is 0 Å². The monoisotopic (exact) mass is 332 g/mol. The second-order valence-electron chi connectivity index (χ2n) is 5.81. The van der Waals surface area contributed by atoms with Crippen molar-refractivity contribution in [3.63, 3.8) is 0 Å². The van der Waals surface area contributed by atoms with Gasteiger partial charge in [-0.25, -0.2) is 0 Å². The van der Waals surface area contributed by atoms with E-state index in [2.05, 4.69) is 8.75 Å². The normalized spacial score (nSPS) is 19.0. The highest BCUT2D eigenvalue weighted by Crippen LogP contribution is 2.23. The van der Waals surface area contributed by atoms with Crippen molar-refractivity contribution in [3.05, 3.63) is 23.8 Å². The molecule has 2 amide bonds. The van der Waals surface area contributed by atoms with E-state index in [4.69, 9.17) is 4.74 Å². The Hall–Kier alpha value is -2.06. The summed E-state index contributed by atoms with van der Waals surface area (Å²) in [5.74, 6) is 0.00384. The molecule has 0 spiro atoms. The van der Waals surface area contributed by atoms with Gasteiger partial charge in [0.25, 0.3) is 5.91 Å². The Morgan fingerprint density at radius 3 is 2.61 bits per heavy atom. The molecule has 0 bridgehead atoms. The summed E-state index contributed by atoms with van der Waals surface area (Å²) < 4.78 is 13.5. The Balaban J connectivity index is 1.38. The molecule has 0 radical (unpaired) electrons. The van der Waals surface area contributed by atoms with E-state index in [1.807, 2.05) is 11.0 Å². The summed E-state index contributed by atoms with van der Waals surface area (Å²) in [5, 5.41) is 0. The van der Waals surface area contributed by atoms with Crippen LogP contribution in [0.1, 0.15) is 10.4 Å². The van der Waals surface area contributed by atoms with Gasteiger partial charge in [0.1, 0.15) is 11.0 Å². The molecule has 3 heterocycles. The van der Waals surface area contributed by atoms with E-state index in [-0.39, 0.29) is 17.7 Å². The predicted octanol–water partition coefficient (Wildman–Crippen LogP) is 0.622. The van der Waals surface area contributed by atoms with Gasteiger partial charge in [-0.15, -0.1) is 0 Å². The number of carbonyl (C=O) groups excluding carboxylic acids is 2. The predicted molar refractivity (Wildman–Crippen MR) is 84.2 cm³/mol. The number of morpholine rings is 1. The Kier molecular flexibility index (Phi) is 3.70. The maximum Gasteiger partial charge on any atom is 0.253 e. The summed E-state index contributed by atoms with van der Waals surface area (Å²) in [4.78, 5) is 28.4. The lowest BCUT2D eigenvalue weighted by Gasteiger charge is -2.41. The third-order valence-electron chi connectivity index (χ3n) is 4.34. The molecule has 2 fully saturated rings. The van der Waals surface area contributed by atoms with Crippen LogP contribution < -0.4 is 0 Å². The quantitative estimate of drug-likeness (QED) is 0.806. The third-order valence-corrected chi connectivity index (χ3v) is 4.90. The van der Waals surface area contributed by atoms with Crippen LogP contribution in [0.2, 0.25) is 0 Å². The van der Waals surface area contributed by atoms with Crippen LogP contribution in [0.3, 0.4) is 0 Å². The fourth-order valence-electron chi connectivity index (χ4n) is 2.94. The van der Waals surface area contributed by atoms with E-state index >= 15 is 0 Å². The number of amides is 2. The number of nitrogens with zero attached hydrogens (tertiary/aromatic N) is 4. The Morgan fingerprint density at radius 2 is 1.83 bits per heavy atom. The van der Waals surface area contributed by atoms with Gasteiger partial charge in [-0.3, -0.25) is 9.59 Å². The first-order chi connectivity index (χ1) is 11.2. The average molecular weight is 332 g/mol. The van der Waals surface area contributed by atoms with Gasteiger partial charge >= 0.3 is 0 Å². The topological polar surface area (TPSA) is 75.6 Å². The van der Waals surface area contributed by atoms with Crippen LogP contribution in [0.15, 0.2) is 18.2 Å². The lowest BCUT2D eigenvalue weighted by molar-refractivity contribution is -0.143. The molecule has 2 aromatic rings. The average Bonchev–Trinajstić information content (AvgIpc) is 3.01. The highest BCUT2D eigenvalue weighted by atomic mass is 32.1. The Bertz CT molecular complexity index is 750. The zero-order valence-electron chi connectivity index (χ0n) is 12.5. The second kappa shape index (κ2) is 5.86. The number of hydrogen-bond donors (Lipinski definition) is 0. The smallest absolute Gasteiger partial charge is 0.253 e. The van der Waals surface area contributed by atoms with Crippen molar-refractivity contribution in [1.82, 2.24) is 18.5 Å². The van der Waals surface area contributed by atoms with E-state index in [0.717, 1.165) is 22.8 Å². The molecule has 2 aliphatic heterocycles. The Morgan fingerprint density at radius 1 is 1.09 bits per heavy atom. The number of aromatic nitrogens is 2. The van der Waals surface area contributed by atoms with E-state index in [9.17, 15) is 9.59 Å². The second-order valence-corrected chi connectivity index (χ2v) is 6.34. The number of hydrogen-bond acceptors (Lipinski definition) is 6. The summed E-state index contributed by atoms with van der Waals surface area (Å²) in [6.45, 7) is 3.48. The van der Waals surface area contributed by atoms with Crippen molar-refractivity contribution in [2.75, 3.05) is 39.4 Å². The van der Waals surface area contributed by atoms with Crippen molar-refractivity contribution in [3.8, 4) is 0 Å². The van der Waals surface area contributed by atoms with E-state index in [0.29, 0.717) is 45.0 Å². The summed E-state index contributed by atoms with van der Waals surface area (Å²) in [6.07, 6.45) is 0. The van der Waals surface area contributed by atoms with Crippen molar-refractivity contribution in [2.24, 2.45) is 5.92 Å². The van der Waals surface area contributed by atoms with Crippen LogP contribution in [-0.2, 0) is 9.53 Å². The maximum absolute atomic E-state index is 12.5. The maximum atomic E-state index is 12.5. The minimum atomic E-state index is -0.0817. The third kappa shape index (κ3) is 2.68. The van der Waals surface area contributed by atoms with Crippen LogP contribution in [0.5, 0.6) is 0 Å². The molecule has 8 heteroatoms. The highest BCUT2D eigenvalue weighted by molar-refractivity contribution is 7.00. The lowest BCUT2D eigenvalue weighted by atomic mass is 9.97. The van der Waals surface area contributed by atoms with Crippen molar-refractivity contribution >= 4 is 34.6 Å². The summed E-state index contributed by atoms with van der Waals surface area (Å²) in [5.41, 5.74) is 2.14. The van der Waals surface area contributed by atoms with Gasteiger partial charge in [0.05, 0.1) is 30.9 Å². The summed E-state index contributed by atoms with van der Waals surface area (Å²) in [6, 6.07) is 5.34. The molecule has 1 aromatic carbocycles. The lowest BCUT2D eigenvalue weighted by Crippen LogP contribution is -2.57. The molecule has 120 valence electrons. The van der Waals surface area contributed by atoms with Crippen LogP contribution in [0.25, 0.3) is 11.0 Å². The molecule has 7 nitrogen and oxygen atoms in total. The SMILES string of the molecule is O=C(c1ccc2nsnc2c1)N1CC(C(=O)N2CCOCC2)C1. The number of fused-ring (bicyclic) bond motifs is 1. The molecule has 2 aliphatic rings. The number of benzene rings is 1. The first-order valence-corrected chi connectivity index (χ1v) is 8.33. The standard InChI is InChI=1S/C15H16N4O3S/c20-14(10-1-2-12-13(7-10)17-23-16-12)19-8-11(9-19)15(21)18-3-5-22-6-4-18/h1-2,7,11H,3-6,8-9H2. The molecular weight excluding hydrogens is 316 g/mol. The fraction of sp³-hybridized carbons (Fsp3) is 0.467. The largest absolute Gasteiger partial charge is 0.378 e. The molecule has 0 atom stereocenters. The number of carbonyl (C=O) groups is 2. The molecule has 0 N–H and O–H groups in total. The summed E-state index contributed by atoms with van der Waals surface area (Å²) >= 11 is 1.14. The van der Waals surface area contributed by atoms with Crippen LogP contribution in [0, 0.1) is 5.92 Å². The fourth-order valence-corrected chi connectivity index (χ4v) is 3.46. The number of rotatable bonds is 2. The van der Waals surface area contributed by atoms with Gasteiger partial charge in [-0.05, 0) is 18.2 Å². The van der Waals surface area contributed by atoms with Gasteiger partial charge < -0.3 is 14.5 Å². The van der Waals surface area contributed by atoms with Gasteiger partial charge in [0, 0.05) is 31.7 Å². The zero-order valence-corrected chi connectivity index (χ0v) is 13.3. The number of likely N-dealkylation sites (tertiary alicyclic amines) is 1. The highest BCUT2D eigenvalue weighted by Gasteiger charge is 2.38. The molecule has 0 saturated carbocycles. The number of ether oxygens (including phenoxy) is 1. The minimum Gasteiger partial charge on any atom is -0.378 e. The first kappa shape index (κ1) is 14.5. The molecule has 0 aliphatic carbocycles. The molecule has 2 saturated heterocycles. The Labute approximate surface area is 137 Å². The van der Waals surface area contributed by atoms with Gasteiger partial charge in [-0.1, -0.05) is 0 Å². The zero-order chi connectivity index (χ0) is 15.8. The van der Waals surface area contributed by atoms with E-state index < -0.39 is 0 Å². The van der Waals surface area contributed by atoms with Crippen LogP contribution >= 0.6 is 11.7 Å². The molecular formula is C15H16N4O3S. The van der Waals surface area contributed by atoms with Gasteiger partial charge in [-0.2, -0.15) is 8.75 Å². The van der Waals surface area contributed by atoms with Crippen molar-refractivity contribution < 1.29 is 14.3 Å². The minimum absolute atomic E-state index is 0.0501. The molecule has 1 aromatic heterocycles.